The Bertz CT molecular complexity index is 456. The molecule has 3 aliphatic carbocycles. The summed E-state index contributed by atoms with van der Waals surface area (Å²) >= 11 is 0. The first-order valence-electron chi connectivity index (χ1n) is 10.3. The average Bonchev–Trinajstić information content (AvgIpc) is 3.50. The third-order valence-electron chi connectivity index (χ3n) is 7.75. The summed E-state index contributed by atoms with van der Waals surface area (Å²) in [6.07, 6.45) is 16.0. The minimum Gasteiger partial charge on any atom is -0.270 e. The minimum atomic E-state index is -2.42. The molecule has 3 saturated heterocycles. The van der Waals surface area contributed by atoms with Crippen molar-refractivity contribution in [1.82, 2.24) is 14.0 Å². The van der Waals surface area contributed by atoms with Gasteiger partial charge in [0.1, 0.15) is 0 Å². The van der Waals surface area contributed by atoms with Crippen LogP contribution in [0.3, 0.4) is 0 Å². The van der Waals surface area contributed by atoms with Gasteiger partial charge in [0.05, 0.1) is 0 Å². The zero-order valence-corrected chi connectivity index (χ0v) is 15.0. The molecular formula is C18H30N3OP. The van der Waals surface area contributed by atoms with E-state index in [1.807, 2.05) is 0 Å². The highest BCUT2D eigenvalue weighted by Gasteiger charge is 2.74. The molecule has 6 fully saturated rings. The molecule has 3 aliphatic heterocycles. The molecule has 0 aromatic carbocycles. The molecule has 6 rings (SSSR count). The van der Waals surface area contributed by atoms with Crippen molar-refractivity contribution in [3.05, 3.63) is 0 Å². The number of rotatable bonds is 3. The van der Waals surface area contributed by atoms with Gasteiger partial charge in [0.15, 0.2) is 0 Å². The van der Waals surface area contributed by atoms with E-state index in [2.05, 4.69) is 14.0 Å². The maximum absolute atomic E-state index is 14.6. The molecular weight excluding hydrogens is 305 g/mol. The summed E-state index contributed by atoms with van der Waals surface area (Å²) in [5.41, 5.74) is 0. The molecule has 0 bridgehead atoms. The number of hydrogen-bond acceptors (Lipinski definition) is 1. The van der Waals surface area contributed by atoms with Crippen LogP contribution in [0.25, 0.3) is 0 Å². The first-order valence-corrected chi connectivity index (χ1v) is 11.8. The molecule has 3 saturated carbocycles. The SMILES string of the molecule is O=P(N1C2CCCCC21)(N1C2CCCCC21)N1C2CCCCC21. The largest absolute Gasteiger partial charge is 0.288 e. The van der Waals surface area contributed by atoms with Gasteiger partial charge in [-0.2, -0.15) is 0 Å². The molecule has 0 N–H and O–H groups in total. The Morgan fingerprint density at radius 1 is 0.478 bits per heavy atom. The van der Waals surface area contributed by atoms with Crippen LogP contribution in [0.5, 0.6) is 0 Å². The van der Waals surface area contributed by atoms with Gasteiger partial charge in [0.2, 0.25) is 0 Å². The van der Waals surface area contributed by atoms with Crippen molar-refractivity contribution in [3.8, 4) is 0 Å². The molecule has 6 atom stereocenters. The van der Waals surface area contributed by atoms with Crippen LogP contribution in [0.4, 0.5) is 0 Å². The highest BCUT2D eigenvalue weighted by Crippen LogP contribution is 2.78. The second kappa shape index (κ2) is 4.84. The van der Waals surface area contributed by atoms with Gasteiger partial charge >= 0.3 is 0 Å². The molecule has 23 heavy (non-hydrogen) atoms. The lowest BCUT2D eigenvalue weighted by Crippen LogP contribution is -2.19. The van der Waals surface area contributed by atoms with Crippen molar-refractivity contribution >= 4 is 7.59 Å². The molecule has 4 nitrogen and oxygen atoms in total. The van der Waals surface area contributed by atoms with E-state index in [1.54, 1.807) is 0 Å². The fourth-order valence-electron chi connectivity index (χ4n) is 6.55. The third-order valence-corrected chi connectivity index (χ3v) is 11.3. The zero-order valence-electron chi connectivity index (χ0n) is 14.1. The van der Waals surface area contributed by atoms with E-state index in [4.69, 9.17) is 0 Å². The quantitative estimate of drug-likeness (QED) is 0.576. The topological polar surface area (TPSA) is 26.1 Å². The fourth-order valence-corrected chi connectivity index (χ4v) is 11.0. The molecule has 6 aliphatic rings. The number of fused-ring (bicyclic) bond motifs is 3. The smallest absolute Gasteiger partial charge is 0.270 e. The third kappa shape index (κ3) is 1.87. The van der Waals surface area contributed by atoms with Crippen LogP contribution in [-0.2, 0) is 4.57 Å². The molecule has 6 unspecified atom stereocenters. The Hall–Kier alpha value is 0.110. The summed E-state index contributed by atoms with van der Waals surface area (Å²) < 4.78 is 22.2. The van der Waals surface area contributed by atoms with Crippen LogP contribution in [0.2, 0.25) is 0 Å². The van der Waals surface area contributed by atoms with Crippen molar-refractivity contribution in [1.29, 1.82) is 0 Å². The Kier molecular flexibility index (Phi) is 3.01. The predicted octanol–water partition coefficient (Wildman–Crippen LogP) is 3.97. The van der Waals surface area contributed by atoms with Gasteiger partial charge in [-0.25, -0.2) is 14.0 Å². The van der Waals surface area contributed by atoms with E-state index in [9.17, 15) is 4.57 Å². The Balaban J connectivity index is 1.34. The number of nitrogens with zero attached hydrogens (tertiary/aromatic N) is 3. The lowest BCUT2D eigenvalue weighted by atomic mass is 10.0. The van der Waals surface area contributed by atoms with Gasteiger partial charge in [0.25, 0.3) is 7.59 Å². The molecule has 0 aromatic rings. The molecule has 128 valence electrons. The van der Waals surface area contributed by atoms with Gasteiger partial charge in [-0.3, -0.25) is 4.57 Å². The lowest BCUT2D eigenvalue weighted by molar-refractivity contribution is 0.437. The van der Waals surface area contributed by atoms with Crippen molar-refractivity contribution in [2.75, 3.05) is 0 Å². The van der Waals surface area contributed by atoms with Crippen LogP contribution in [-0.4, -0.2) is 50.3 Å². The summed E-state index contributed by atoms with van der Waals surface area (Å²) in [6.45, 7) is 0. The summed E-state index contributed by atoms with van der Waals surface area (Å²) in [7, 11) is -2.42. The van der Waals surface area contributed by atoms with Crippen LogP contribution in [0, 0.1) is 0 Å². The van der Waals surface area contributed by atoms with E-state index in [1.165, 1.54) is 77.0 Å². The lowest BCUT2D eigenvalue weighted by Gasteiger charge is -2.25. The van der Waals surface area contributed by atoms with Crippen molar-refractivity contribution in [2.45, 2.75) is 113 Å². The monoisotopic (exact) mass is 335 g/mol. The van der Waals surface area contributed by atoms with Crippen LogP contribution >= 0.6 is 7.59 Å². The average molecular weight is 335 g/mol. The Labute approximate surface area is 140 Å². The van der Waals surface area contributed by atoms with Gasteiger partial charge < -0.3 is 0 Å². The zero-order chi connectivity index (χ0) is 15.2. The molecule has 5 heteroatoms. The molecule has 0 spiro atoms. The highest BCUT2D eigenvalue weighted by molar-refractivity contribution is 7.57. The normalized spacial score (nSPS) is 59.0. The Morgan fingerprint density at radius 2 is 0.696 bits per heavy atom. The van der Waals surface area contributed by atoms with Gasteiger partial charge in [-0.1, -0.05) is 38.5 Å². The van der Waals surface area contributed by atoms with Crippen LogP contribution in [0.15, 0.2) is 0 Å². The second-order valence-corrected chi connectivity index (χ2v) is 11.3. The van der Waals surface area contributed by atoms with Crippen molar-refractivity contribution in [2.24, 2.45) is 0 Å². The van der Waals surface area contributed by atoms with Gasteiger partial charge in [0, 0.05) is 36.3 Å². The summed E-state index contributed by atoms with van der Waals surface area (Å²) in [6, 6.07) is 4.00. The first-order chi connectivity index (χ1) is 11.3. The van der Waals surface area contributed by atoms with E-state index in [-0.39, 0.29) is 0 Å². The predicted molar refractivity (Wildman–Crippen MR) is 91.3 cm³/mol. The molecule has 0 aromatic heterocycles. The molecule has 3 heterocycles. The molecule has 0 amide bonds. The van der Waals surface area contributed by atoms with E-state index in [0.29, 0.717) is 36.3 Å². The number of hydrogen-bond donors (Lipinski definition) is 0. The fraction of sp³-hybridized carbons (Fsp3) is 1.00. The summed E-state index contributed by atoms with van der Waals surface area (Å²) in [4.78, 5) is 0. The Morgan fingerprint density at radius 3 is 0.913 bits per heavy atom. The van der Waals surface area contributed by atoms with Crippen LogP contribution < -0.4 is 0 Å². The van der Waals surface area contributed by atoms with Crippen molar-refractivity contribution < 1.29 is 4.57 Å². The maximum Gasteiger partial charge on any atom is 0.288 e. The van der Waals surface area contributed by atoms with E-state index >= 15 is 0 Å². The van der Waals surface area contributed by atoms with Crippen molar-refractivity contribution in [3.63, 3.8) is 0 Å². The summed E-state index contributed by atoms with van der Waals surface area (Å²) in [5.74, 6) is 0. The highest BCUT2D eigenvalue weighted by atomic mass is 31.2. The summed E-state index contributed by atoms with van der Waals surface area (Å²) in [5, 5.41) is 0. The maximum atomic E-state index is 14.6. The van der Waals surface area contributed by atoms with Crippen LogP contribution in [0.1, 0.15) is 77.0 Å². The van der Waals surface area contributed by atoms with Gasteiger partial charge in [-0.15, -0.1) is 0 Å². The van der Waals surface area contributed by atoms with Gasteiger partial charge in [-0.05, 0) is 38.5 Å². The first kappa shape index (κ1) is 14.3. The second-order valence-electron chi connectivity index (χ2n) is 8.91. The standard InChI is InChI=1S/C18H30N3OP/c22-23(19-13-7-1-2-8-14(13)19,20-15-9-3-4-10-16(15)20)21-17-11-5-6-12-18(17)21/h13-18H,1-12H2. The van der Waals surface area contributed by atoms with E-state index < -0.39 is 7.59 Å². The van der Waals surface area contributed by atoms with E-state index in [0.717, 1.165) is 0 Å². The molecule has 0 radical (unpaired) electrons. The minimum absolute atomic E-state index is 0.667.